The summed E-state index contributed by atoms with van der Waals surface area (Å²) in [6.45, 7) is 0.352. The van der Waals surface area contributed by atoms with Crippen LogP contribution >= 0.6 is 0 Å². The molecule has 1 aliphatic heterocycles. The Balaban J connectivity index is 2.29. The number of hydrogen-bond donors (Lipinski definition) is 4. The zero-order chi connectivity index (χ0) is 22.1. The molecule has 5 N–H and O–H groups in total. The van der Waals surface area contributed by atoms with Gasteiger partial charge in [0.05, 0.1) is 20.8 Å². The number of hydrogen-bond acceptors (Lipinski definition) is 8. The van der Waals surface area contributed by atoms with E-state index in [1.807, 2.05) is 12.1 Å². The largest absolute Gasteiger partial charge is 0.496 e. The molecule has 2 rings (SSSR count). The first kappa shape index (κ1) is 23.6. The number of aryl methyl sites for hydroxylation is 1. The number of fused-ring (bicyclic) bond motifs is 2. The number of nitrogens with one attached hydrogen (secondary N) is 3. The fourth-order valence-electron chi connectivity index (χ4n) is 3.22. The molecule has 2 amide bonds. The van der Waals surface area contributed by atoms with Gasteiger partial charge < -0.3 is 35.9 Å². The molecule has 2 bridgehead atoms. The maximum absolute atomic E-state index is 12.7. The lowest BCUT2D eigenvalue weighted by atomic mass is 9.99. The molecular weight excluding hydrogens is 392 g/mol. The summed E-state index contributed by atoms with van der Waals surface area (Å²) in [7, 11) is 4.46. The zero-order valence-corrected chi connectivity index (χ0v) is 17.5. The number of methoxy groups -OCH3 is 2. The molecule has 0 saturated carbocycles. The molecule has 0 spiro atoms. The summed E-state index contributed by atoms with van der Waals surface area (Å²) in [6, 6.07) is 3.77. The molecule has 1 aromatic rings. The lowest BCUT2D eigenvalue weighted by Gasteiger charge is -2.23. The Morgan fingerprint density at radius 1 is 1.20 bits per heavy atom. The van der Waals surface area contributed by atoms with Crippen LogP contribution in [-0.4, -0.2) is 64.5 Å². The maximum Gasteiger partial charge on any atom is 0.330 e. The highest BCUT2D eigenvalue weighted by atomic mass is 16.5. The van der Waals surface area contributed by atoms with Crippen molar-refractivity contribution in [1.29, 1.82) is 0 Å². The van der Waals surface area contributed by atoms with E-state index >= 15 is 0 Å². The third-order valence-electron chi connectivity index (χ3n) is 4.84. The SMILES string of the molecule is CN[C@@H]1C(=O)N[C@@H](N)C(=O)N[C@H](C(=O)OC)COCCCCc2cc1ccc2OC. The summed E-state index contributed by atoms with van der Waals surface area (Å²) in [5.41, 5.74) is 7.51. The summed E-state index contributed by atoms with van der Waals surface area (Å²) in [6.07, 6.45) is 0.932. The second-order valence-electron chi connectivity index (χ2n) is 6.90. The van der Waals surface area contributed by atoms with Gasteiger partial charge in [-0.3, -0.25) is 9.59 Å². The van der Waals surface area contributed by atoms with Gasteiger partial charge in [-0.2, -0.15) is 0 Å². The lowest BCUT2D eigenvalue weighted by molar-refractivity contribution is -0.147. The van der Waals surface area contributed by atoms with E-state index in [9.17, 15) is 14.4 Å². The summed E-state index contributed by atoms with van der Waals surface area (Å²) in [5, 5.41) is 7.87. The Kier molecular flexibility index (Phi) is 9.03. The van der Waals surface area contributed by atoms with Crippen molar-refractivity contribution in [1.82, 2.24) is 16.0 Å². The number of benzene rings is 1. The first-order chi connectivity index (χ1) is 14.4. The Hall–Kier alpha value is -2.69. The fraction of sp³-hybridized carbons (Fsp3) is 0.550. The second kappa shape index (κ2) is 11.5. The lowest BCUT2D eigenvalue weighted by Crippen LogP contribution is -2.58. The average molecular weight is 422 g/mol. The molecule has 0 unspecified atom stereocenters. The Bertz CT molecular complexity index is 757. The van der Waals surface area contributed by atoms with Crippen molar-refractivity contribution in [2.24, 2.45) is 5.73 Å². The Morgan fingerprint density at radius 3 is 2.63 bits per heavy atom. The van der Waals surface area contributed by atoms with Crippen molar-refractivity contribution < 1.29 is 28.6 Å². The standard InChI is InChI=1S/C20H30N4O6/c1-22-16-13-7-8-15(28-2)12(10-13)6-4-5-9-30-11-14(20(27)29-3)23-19(26)17(21)24-18(16)25/h7-8,10,14,16-17,22H,4-6,9,11,21H2,1-3H3,(H,23,26)(H,24,25)/t14-,16-,17+/m0/s1. The van der Waals surface area contributed by atoms with Crippen LogP contribution in [0, 0.1) is 0 Å². The van der Waals surface area contributed by atoms with Gasteiger partial charge in [0.15, 0.2) is 12.2 Å². The zero-order valence-electron chi connectivity index (χ0n) is 17.5. The number of nitrogens with two attached hydrogens (primary N) is 1. The van der Waals surface area contributed by atoms with Crippen LogP contribution in [0.3, 0.4) is 0 Å². The van der Waals surface area contributed by atoms with E-state index < -0.39 is 36.0 Å². The van der Waals surface area contributed by atoms with Crippen molar-refractivity contribution in [3.63, 3.8) is 0 Å². The molecular formula is C20H30N4O6. The van der Waals surface area contributed by atoms with Crippen LogP contribution < -0.4 is 26.4 Å². The van der Waals surface area contributed by atoms with Gasteiger partial charge >= 0.3 is 5.97 Å². The Morgan fingerprint density at radius 2 is 1.97 bits per heavy atom. The van der Waals surface area contributed by atoms with Crippen LogP contribution in [0.1, 0.15) is 30.0 Å². The van der Waals surface area contributed by atoms with Gasteiger partial charge in [0.2, 0.25) is 5.91 Å². The van der Waals surface area contributed by atoms with E-state index in [1.165, 1.54) is 7.11 Å². The molecule has 0 aliphatic carbocycles. The normalized spacial score (nSPS) is 23.8. The van der Waals surface area contributed by atoms with Gasteiger partial charge in [-0.25, -0.2) is 4.79 Å². The van der Waals surface area contributed by atoms with E-state index in [0.717, 1.165) is 30.6 Å². The van der Waals surface area contributed by atoms with Crippen molar-refractivity contribution in [2.45, 2.75) is 37.5 Å². The van der Waals surface area contributed by atoms with Crippen LogP contribution in [-0.2, 0) is 30.3 Å². The second-order valence-corrected chi connectivity index (χ2v) is 6.90. The predicted molar refractivity (Wildman–Crippen MR) is 109 cm³/mol. The van der Waals surface area contributed by atoms with Gasteiger partial charge in [0.1, 0.15) is 11.8 Å². The van der Waals surface area contributed by atoms with E-state index in [1.54, 1.807) is 20.2 Å². The van der Waals surface area contributed by atoms with Gasteiger partial charge in [0, 0.05) is 6.61 Å². The van der Waals surface area contributed by atoms with Crippen molar-refractivity contribution in [3.8, 4) is 5.75 Å². The number of amides is 2. The third kappa shape index (κ3) is 6.15. The van der Waals surface area contributed by atoms with Crippen molar-refractivity contribution >= 4 is 17.8 Å². The minimum Gasteiger partial charge on any atom is -0.496 e. The van der Waals surface area contributed by atoms with E-state index in [4.69, 9.17) is 19.9 Å². The monoisotopic (exact) mass is 422 g/mol. The molecule has 1 aromatic carbocycles. The summed E-state index contributed by atoms with van der Waals surface area (Å²) in [5.74, 6) is -1.12. The van der Waals surface area contributed by atoms with Crippen LogP contribution in [0.15, 0.2) is 18.2 Å². The average Bonchev–Trinajstić information content (AvgIpc) is 2.74. The molecule has 10 nitrogen and oxygen atoms in total. The summed E-state index contributed by atoms with van der Waals surface area (Å²) < 4.78 is 15.7. The van der Waals surface area contributed by atoms with Gasteiger partial charge in [-0.05, 0) is 43.5 Å². The van der Waals surface area contributed by atoms with Gasteiger partial charge in [-0.1, -0.05) is 12.1 Å². The Labute approximate surface area is 175 Å². The van der Waals surface area contributed by atoms with Gasteiger partial charge in [0.25, 0.3) is 5.91 Å². The molecule has 0 radical (unpaired) electrons. The molecule has 0 fully saturated rings. The molecule has 1 heterocycles. The van der Waals surface area contributed by atoms with Gasteiger partial charge in [-0.15, -0.1) is 0 Å². The van der Waals surface area contributed by atoms with Crippen molar-refractivity contribution in [3.05, 3.63) is 29.3 Å². The van der Waals surface area contributed by atoms with Crippen LogP contribution in [0.4, 0.5) is 0 Å². The molecule has 166 valence electrons. The quantitative estimate of drug-likeness (QED) is 0.472. The number of rotatable bonds is 3. The molecule has 0 saturated heterocycles. The highest BCUT2D eigenvalue weighted by Crippen LogP contribution is 2.25. The maximum atomic E-state index is 12.7. The summed E-state index contributed by atoms with van der Waals surface area (Å²) in [4.78, 5) is 37.1. The first-order valence-electron chi connectivity index (χ1n) is 9.77. The minimum absolute atomic E-state index is 0.0585. The molecule has 10 heteroatoms. The molecule has 1 aliphatic rings. The van der Waals surface area contributed by atoms with Crippen LogP contribution in [0.2, 0.25) is 0 Å². The van der Waals surface area contributed by atoms with Crippen LogP contribution in [0.5, 0.6) is 5.75 Å². The summed E-state index contributed by atoms with van der Waals surface area (Å²) >= 11 is 0. The molecule has 3 atom stereocenters. The smallest absolute Gasteiger partial charge is 0.330 e. The van der Waals surface area contributed by atoms with E-state index in [-0.39, 0.29) is 6.61 Å². The number of ether oxygens (including phenoxy) is 3. The minimum atomic E-state index is -1.36. The molecule has 30 heavy (non-hydrogen) atoms. The highest BCUT2D eigenvalue weighted by Gasteiger charge is 2.28. The van der Waals surface area contributed by atoms with E-state index in [0.29, 0.717) is 12.2 Å². The van der Waals surface area contributed by atoms with Crippen LogP contribution in [0.25, 0.3) is 0 Å². The molecule has 0 aromatic heterocycles. The first-order valence-corrected chi connectivity index (χ1v) is 9.77. The van der Waals surface area contributed by atoms with E-state index in [2.05, 4.69) is 16.0 Å². The third-order valence-corrected chi connectivity index (χ3v) is 4.84. The number of carbonyl (C=O) groups is 3. The number of carbonyl (C=O) groups excluding carboxylic acids is 3. The highest BCUT2D eigenvalue weighted by molar-refractivity contribution is 5.92. The number of likely N-dealkylation sites (N-methyl/N-ethyl adjacent to an activating group) is 1. The van der Waals surface area contributed by atoms with Crippen molar-refractivity contribution in [2.75, 3.05) is 34.5 Å². The predicted octanol–water partition coefficient (Wildman–Crippen LogP) is -0.633. The topological polar surface area (TPSA) is 141 Å². The number of esters is 1. The fourth-order valence-corrected chi connectivity index (χ4v) is 3.22.